The summed E-state index contributed by atoms with van der Waals surface area (Å²) in [6, 6.07) is 11.7. The summed E-state index contributed by atoms with van der Waals surface area (Å²) in [5.74, 6) is 6.79. The first-order valence-corrected chi connectivity index (χ1v) is 10.2. The third-order valence-corrected chi connectivity index (χ3v) is 6.01. The van der Waals surface area contributed by atoms with Gasteiger partial charge >= 0.3 is 0 Å². The first-order chi connectivity index (χ1) is 13.5. The summed E-state index contributed by atoms with van der Waals surface area (Å²) in [6.45, 7) is 5.45. The molecule has 3 heterocycles. The van der Waals surface area contributed by atoms with E-state index in [1.54, 1.807) is 4.68 Å². The van der Waals surface area contributed by atoms with E-state index < -0.39 is 5.25 Å². The molecule has 0 spiro atoms. The average molecular weight is 398 g/mol. The van der Waals surface area contributed by atoms with Crippen molar-refractivity contribution >= 4 is 17.7 Å². The Morgan fingerprint density at radius 1 is 1.14 bits per heavy atom. The topological polar surface area (TPSA) is 94.9 Å². The number of hydrogen-bond donors (Lipinski definition) is 1. The third-order valence-electron chi connectivity index (χ3n) is 4.81. The maximum atomic E-state index is 13.2. The van der Waals surface area contributed by atoms with Crippen LogP contribution in [0.25, 0.3) is 5.95 Å². The molecule has 0 bridgehead atoms. The Morgan fingerprint density at radius 2 is 1.86 bits per heavy atom. The lowest BCUT2D eigenvalue weighted by atomic mass is 10.1. The number of likely N-dealkylation sites (tertiary alicyclic amines) is 1. The number of hydrogen-bond acceptors (Lipinski definition) is 6. The highest BCUT2D eigenvalue weighted by Gasteiger charge is 2.30. The zero-order valence-electron chi connectivity index (χ0n) is 15.9. The number of carbonyl (C=O) groups is 1. The molecule has 1 unspecified atom stereocenters. The highest BCUT2D eigenvalue weighted by atomic mass is 32.2. The Balaban J connectivity index is 1.66. The van der Waals surface area contributed by atoms with Crippen LogP contribution >= 0.6 is 11.8 Å². The minimum Gasteiger partial charge on any atom is -0.341 e. The van der Waals surface area contributed by atoms with Gasteiger partial charge in [0, 0.05) is 18.8 Å². The van der Waals surface area contributed by atoms with Crippen molar-refractivity contribution in [3.63, 3.8) is 0 Å². The van der Waals surface area contributed by atoms with Crippen molar-refractivity contribution in [1.82, 2.24) is 29.6 Å². The number of amides is 1. The van der Waals surface area contributed by atoms with Gasteiger partial charge in [0.2, 0.25) is 11.1 Å². The minimum atomic E-state index is -0.417. The Kier molecular flexibility index (Phi) is 5.08. The van der Waals surface area contributed by atoms with Gasteiger partial charge in [-0.3, -0.25) is 4.79 Å². The van der Waals surface area contributed by atoms with Crippen molar-refractivity contribution in [2.24, 2.45) is 0 Å². The number of rotatable bonds is 5. The van der Waals surface area contributed by atoms with Crippen LogP contribution < -0.4 is 5.84 Å². The quantitative estimate of drug-likeness (QED) is 0.524. The fourth-order valence-electron chi connectivity index (χ4n) is 3.42. The molecule has 9 heteroatoms. The summed E-state index contributed by atoms with van der Waals surface area (Å²) in [5.41, 5.74) is 2.72. The number of aryl methyl sites for hydroxylation is 2. The van der Waals surface area contributed by atoms with Crippen LogP contribution in [0.15, 0.2) is 41.6 Å². The van der Waals surface area contributed by atoms with Gasteiger partial charge in [0.1, 0.15) is 5.25 Å². The number of benzene rings is 1. The standard InChI is InChI=1S/C19H23N7OS/c1-13-12-14(2)26(23-13)18-21-22-19(25(18)20)28-16(15-8-4-3-5-9-15)17(27)24-10-6-7-11-24/h3-5,8-9,12,16H,6-7,10-11,20H2,1-2H3. The number of nitrogen functional groups attached to an aromatic ring is 1. The van der Waals surface area contributed by atoms with Crippen molar-refractivity contribution in [1.29, 1.82) is 0 Å². The molecule has 146 valence electrons. The first kappa shape index (κ1) is 18.5. The fraction of sp³-hybridized carbons (Fsp3) is 0.368. The number of carbonyl (C=O) groups excluding carboxylic acids is 1. The van der Waals surface area contributed by atoms with E-state index in [-0.39, 0.29) is 5.91 Å². The zero-order valence-corrected chi connectivity index (χ0v) is 16.8. The summed E-state index contributed by atoms with van der Waals surface area (Å²) < 4.78 is 3.06. The highest BCUT2D eigenvalue weighted by molar-refractivity contribution is 8.00. The van der Waals surface area contributed by atoms with Crippen molar-refractivity contribution in [3.8, 4) is 5.95 Å². The maximum absolute atomic E-state index is 13.2. The molecule has 1 amide bonds. The van der Waals surface area contributed by atoms with E-state index in [2.05, 4.69) is 15.3 Å². The van der Waals surface area contributed by atoms with Gasteiger partial charge in [-0.1, -0.05) is 42.1 Å². The van der Waals surface area contributed by atoms with Crippen molar-refractivity contribution in [2.45, 2.75) is 37.1 Å². The smallest absolute Gasteiger partial charge is 0.271 e. The summed E-state index contributed by atoms with van der Waals surface area (Å²) in [6.07, 6.45) is 2.10. The molecule has 0 aliphatic carbocycles. The molecular weight excluding hydrogens is 374 g/mol. The van der Waals surface area contributed by atoms with Crippen molar-refractivity contribution < 1.29 is 4.79 Å². The lowest BCUT2D eigenvalue weighted by molar-refractivity contribution is -0.129. The minimum absolute atomic E-state index is 0.0874. The molecule has 4 rings (SSSR count). The zero-order chi connectivity index (χ0) is 19.7. The van der Waals surface area contributed by atoms with Crippen LogP contribution in [-0.2, 0) is 4.79 Å². The first-order valence-electron chi connectivity index (χ1n) is 9.29. The second-order valence-electron chi connectivity index (χ2n) is 6.93. The maximum Gasteiger partial charge on any atom is 0.271 e. The van der Waals surface area contributed by atoms with Gasteiger partial charge in [-0.15, -0.1) is 10.2 Å². The van der Waals surface area contributed by atoms with E-state index in [4.69, 9.17) is 5.84 Å². The SMILES string of the molecule is Cc1cc(C)n(-c2nnc(SC(C(=O)N3CCCC3)c3ccccc3)n2N)n1. The van der Waals surface area contributed by atoms with E-state index in [0.29, 0.717) is 11.1 Å². The molecule has 8 nitrogen and oxygen atoms in total. The molecule has 1 aliphatic heterocycles. The molecule has 28 heavy (non-hydrogen) atoms. The second kappa shape index (κ2) is 7.67. The van der Waals surface area contributed by atoms with Crippen LogP contribution in [-0.4, -0.2) is 48.6 Å². The highest BCUT2D eigenvalue weighted by Crippen LogP contribution is 2.36. The number of nitrogens with two attached hydrogens (primary N) is 1. The monoisotopic (exact) mass is 397 g/mol. The summed E-state index contributed by atoms with van der Waals surface area (Å²) >= 11 is 1.32. The van der Waals surface area contributed by atoms with E-state index >= 15 is 0 Å². The van der Waals surface area contributed by atoms with Crippen LogP contribution in [0.2, 0.25) is 0 Å². The molecule has 2 aromatic heterocycles. The van der Waals surface area contributed by atoms with Gasteiger partial charge in [-0.05, 0) is 38.3 Å². The predicted octanol–water partition coefficient (Wildman–Crippen LogP) is 2.25. The molecule has 1 aromatic carbocycles. The third kappa shape index (κ3) is 3.49. The van der Waals surface area contributed by atoms with Gasteiger partial charge in [0.05, 0.1) is 5.69 Å². The van der Waals surface area contributed by atoms with Crippen LogP contribution in [0.5, 0.6) is 0 Å². The molecular formula is C19H23N7OS. The number of aromatic nitrogens is 5. The van der Waals surface area contributed by atoms with Gasteiger partial charge in [0.15, 0.2) is 0 Å². The van der Waals surface area contributed by atoms with Crippen LogP contribution in [0.1, 0.15) is 35.0 Å². The fourth-order valence-corrected chi connectivity index (χ4v) is 4.46. The lowest BCUT2D eigenvalue weighted by Crippen LogP contribution is -2.31. The Labute approximate surface area is 167 Å². The van der Waals surface area contributed by atoms with Crippen LogP contribution in [0.3, 0.4) is 0 Å². The Bertz CT molecular complexity index is 976. The summed E-state index contributed by atoms with van der Waals surface area (Å²) in [7, 11) is 0. The predicted molar refractivity (Wildman–Crippen MR) is 108 cm³/mol. The van der Waals surface area contributed by atoms with Gasteiger partial charge in [-0.25, -0.2) is 9.36 Å². The Morgan fingerprint density at radius 3 is 2.50 bits per heavy atom. The van der Waals surface area contributed by atoms with E-state index in [0.717, 1.165) is 42.9 Å². The van der Waals surface area contributed by atoms with E-state index in [1.807, 2.05) is 55.1 Å². The van der Waals surface area contributed by atoms with Gasteiger partial charge in [0.25, 0.3) is 5.95 Å². The molecule has 3 aromatic rings. The second-order valence-corrected chi connectivity index (χ2v) is 8.00. The molecule has 1 aliphatic rings. The van der Waals surface area contributed by atoms with Crippen LogP contribution in [0, 0.1) is 13.8 Å². The molecule has 0 saturated carbocycles. The number of nitrogens with zero attached hydrogens (tertiary/aromatic N) is 6. The van der Waals surface area contributed by atoms with Gasteiger partial charge < -0.3 is 10.7 Å². The van der Waals surface area contributed by atoms with Crippen LogP contribution in [0.4, 0.5) is 0 Å². The average Bonchev–Trinajstić information content (AvgIpc) is 3.41. The van der Waals surface area contributed by atoms with Gasteiger partial charge in [-0.2, -0.15) is 5.10 Å². The largest absolute Gasteiger partial charge is 0.341 e. The molecule has 1 atom stereocenters. The molecule has 1 fully saturated rings. The van der Waals surface area contributed by atoms with Crippen molar-refractivity contribution in [3.05, 3.63) is 53.3 Å². The molecule has 0 radical (unpaired) electrons. The Hall–Kier alpha value is -2.81. The lowest BCUT2D eigenvalue weighted by Gasteiger charge is -2.22. The summed E-state index contributed by atoms with van der Waals surface area (Å²) in [4.78, 5) is 15.1. The van der Waals surface area contributed by atoms with E-state index in [9.17, 15) is 4.79 Å². The van der Waals surface area contributed by atoms with Crippen molar-refractivity contribution in [2.75, 3.05) is 18.9 Å². The summed E-state index contributed by atoms with van der Waals surface area (Å²) in [5, 5.41) is 12.9. The molecule has 2 N–H and O–H groups in total. The number of thioether (sulfide) groups is 1. The molecule has 1 saturated heterocycles. The van der Waals surface area contributed by atoms with E-state index in [1.165, 1.54) is 16.4 Å². The normalized spacial score (nSPS) is 15.1.